The van der Waals surface area contributed by atoms with Crippen LogP contribution in [0.25, 0.3) is 0 Å². The highest BCUT2D eigenvalue weighted by molar-refractivity contribution is 5.92. The molecule has 8 nitrogen and oxygen atoms in total. The van der Waals surface area contributed by atoms with Gasteiger partial charge in [-0.2, -0.15) is 0 Å². The van der Waals surface area contributed by atoms with Crippen molar-refractivity contribution >= 4 is 17.5 Å². The van der Waals surface area contributed by atoms with E-state index in [9.17, 15) is 19.7 Å². The molecule has 0 fully saturated rings. The molecule has 2 amide bonds. The van der Waals surface area contributed by atoms with E-state index in [0.717, 1.165) is 16.7 Å². The lowest BCUT2D eigenvalue weighted by Gasteiger charge is -2.23. The zero-order valence-electron chi connectivity index (χ0n) is 21.4. The van der Waals surface area contributed by atoms with Gasteiger partial charge in [0.15, 0.2) is 0 Å². The van der Waals surface area contributed by atoms with Crippen molar-refractivity contribution in [1.82, 2.24) is 10.6 Å². The third kappa shape index (κ3) is 7.29. The van der Waals surface area contributed by atoms with E-state index in [-0.39, 0.29) is 30.5 Å². The summed E-state index contributed by atoms with van der Waals surface area (Å²) >= 11 is 0. The summed E-state index contributed by atoms with van der Waals surface area (Å²) < 4.78 is 5.18. The normalized spacial score (nSPS) is 11.4. The van der Waals surface area contributed by atoms with Crippen molar-refractivity contribution in [2.45, 2.75) is 24.9 Å². The van der Waals surface area contributed by atoms with Crippen molar-refractivity contribution in [1.29, 1.82) is 0 Å². The third-order valence-corrected chi connectivity index (χ3v) is 6.37. The van der Waals surface area contributed by atoms with Crippen LogP contribution in [0.5, 0.6) is 5.75 Å². The van der Waals surface area contributed by atoms with Crippen molar-refractivity contribution in [3.8, 4) is 5.75 Å². The van der Waals surface area contributed by atoms with E-state index in [0.29, 0.717) is 11.3 Å². The number of nitrogens with one attached hydrogen (secondary N) is 2. The van der Waals surface area contributed by atoms with Crippen molar-refractivity contribution < 1.29 is 19.2 Å². The molecular weight excluding hydrogens is 494 g/mol. The van der Waals surface area contributed by atoms with Gasteiger partial charge in [-0.25, -0.2) is 0 Å². The fraction of sp³-hybridized carbons (Fsp3) is 0.161. The Labute approximate surface area is 226 Å². The molecule has 4 rings (SSSR count). The van der Waals surface area contributed by atoms with Crippen LogP contribution in [0, 0.1) is 10.1 Å². The molecule has 39 heavy (non-hydrogen) atoms. The van der Waals surface area contributed by atoms with Crippen LogP contribution in [0.15, 0.2) is 109 Å². The standard InChI is InChI=1S/C31H29N3O5/c1-39-27-18-14-23(15-19-27)21-32-30(35)28(20-22-12-16-26(17-13-22)34(37)38)33-31(36)29(24-8-4-2-5-9-24)25-10-6-3-7-11-25/h2-19,28-29H,20-21H2,1H3,(H,32,35)(H,33,36). The molecule has 4 aromatic carbocycles. The Balaban J connectivity index is 1.57. The van der Waals surface area contributed by atoms with Gasteiger partial charge in [-0.15, -0.1) is 0 Å². The average Bonchev–Trinajstić information content (AvgIpc) is 2.97. The first-order valence-corrected chi connectivity index (χ1v) is 12.5. The molecule has 0 aliphatic heterocycles. The Morgan fingerprint density at radius 1 is 0.769 bits per heavy atom. The van der Waals surface area contributed by atoms with E-state index in [1.54, 1.807) is 19.2 Å². The Hall–Kier alpha value is -4.98. The van der Waals surface area contributed by atoms with E-state index in [4.69, 9.17) is 4.74 Å². The maximum Gasteiger partial charge on any atom is 0.269 e. The zero-order valence-corrected chi connectivity index (χ0v) is 21.4. The summed E-state index contributed by atoms with van der Waals surface area (Å²) in [6, 6.07) is 31.1. The molecule has 8 heteroatoms. The van der Waals surface area contributed by atoms with Crippen molar-refractivity contribution in [2.75, 3.05) is 7.11 Å². The van der Waals surface area contributed by atoms with Gasteiger partial charge in [0.25, 0.3) is 5.69 Å². The monoisotopic (exact) mass is 523 g/mol. The minimum Gasteiger partial charge on any atom is -0.497 e. The number of amides is 2. The number of hydrogen-bond donors (Lipinski definition) is 2. The molecule has 1 atom stereocenters. The van der Waals surface area contributed by atoms with Gasteiger partial charge in [-0.05, 0) is 34.4 Å². The number of rotatable bonds is 11. The number of hydrogen-bond acceptors (Lipinski definition) is 5. The number of nitro benzene ring substituents is 1. The summed E-state index contributed by atoms with van der Waals surface area (Å²) in [6.45, 7) is 0.260. The van der Waals surface area contributed by atoms with Crippen LogP contribution in [0.4, 0.5) is 5.69 Å². The summed E-state index contributed by atoms with van der Waals surface area (Å²) in [5.74, 6) is -0.598. The van der Waals surface area contributed by atoms with Gasteiger partial charge in [-0.3, -0.25) is 19.7 Å². The summed E-state index contributed by atoms with van der Waals surface area (Å²) in [5, 5.41) is 16.9. The largest absolute Gasteiger partial charge is 0.497 e. The van der Waals surface area contributed by atoms with E-state index in [1.165, 1.54) is 12.1 Å². The lowest BCUT2D eigenvalue weighted by atomic mass is 9.90. The Morgan fingerprint density at radius 2 is 1.31 bits per heavy atom. The fourth-order valence-electron chi connectivity index (χ4n) is 4.30. The van der Waals surface area contributed by atoms with E-state index in [2.05, 4.69) is 10.6 Å². The number of nitro groups is 1. The second-order valence-electron chi connectivity index (χ2n) is 9.01. The number of nitrogens with zero attached hydrogens (tertiary/aromatic N) is 1. The molecule has 0 bridgehead atoms. The predicted molar refractivity (Wildman–Crippen MR) is 148 cm³/mol. The quantitative estimate of drug-likeness (QED) is 0.217. The first kappa shape index (κ1) is 27.1. The predicted octanol–water partition coefficient (Wildman–Crippen LogP) is 4.78. The van der Waals surface area contributed by atoms with Gasteiger partial charge >= 0.3 is 0 Å². The van der Waals surface area contributed by atoms with E-state index in [1.807, 2.05) is 84.9 Å². The number of methoxy groups -OCH3 is 1. The molecule has 0 heterocycles. The van der Waals surface area contributed by atoms with Crippen molar-refractivity contribution in [3.05, 3.63) is 142 Å². The van der Waals surface area contributed by atoms with Crippen LogP contribution in [0.2, 0.25) is 0 Å². The maximum absolute atomic E-state index is 13.7. The van der Waals surface area contributed by atoms with Crippen LogP contribution in [-0.4, -0.2) is 29.9 Å². The summed E-state index contributed by atoms with van der Waals surface area (Å²) in [5.41, 5.74) is 3.11. The molecule has 1 unspecified atom stereocenters. The molecule has 0 spiro atoms. The van der Waals surface area contributed by atoms with E-state index < -0.39 is 16.9 Å². The molecule has 0 aliphatic carbocycles. The Bertz CT molecular complexity index is 1350. The Kier molecular flexibility index (Phi) is 9.03. The number of ether oxygens (including phenoxy) is 1. The van der Waals surface area contributed by atoms with Crippen molar-refractivity contribution in [3.63, 3.8) is 0 Å². The van der Waals surface area contributed by atoms with Crippen LogP contribution in [0.1, 0.15) is 28.2 Å². The van der Waals surface area contributed by atoms with E-state index >= 15 is 0 Å². The maximum atomic E-state index is 13.7. The highest BCUT2D eigenvalue weighted by Gasteiger charge is 2.28. The summed E-state index contributed by atoms with van der Waals surface area (Å²) in [6.07, 6.45) is 0.161. The fourth-order valence-corrected chi connectivity index (χ4v) is 4.30. The Morgan fingerprint density at radius 3 is 1.82 bits per heavy atom. The third-order valence-electron chi connectivity index (χ3n) is 6.37. The molecular formula is C31H29N3O5. The van der Waals surface area contributed by atoms with Crippen LogP contribution in [0.3, 0.4) is 0 Å². The lowest BCUT2D eigenvalue weighted by Crippen LogP contribution is -2.49. The van der Waals surface area contributed by atoms with Crippen LogP contribution >= 0.6 is 0 Å². The molecule has 0 radical (unpaired) electrons. The van der Waals surface area contributed by atoms with Gasteiger partial charge in [0, 0.05) is 25.1 Å². The second kappa shape index (κ2) is 13.0. The lowest BCUT2D eigenvalue weighted by molar-refractivity contribution is -0.384. The summed E-state index contributed by atoms with van der Waals surface area (Å²) in [4.78, 5) is 37.7. The highest BCUT2D eigenvalue weighted by Crippen LogP contribution is 2.25. The van der Waals surface area contributed by atoms with Crippen LogP contribution < -0.4 is 15.4 Å². The van der Waals surface area contributed by atoms with Gasteiger partial charge in [0.2, 0.25) is 11.8 Å². The van der Waals surface area contributed by atoms with Gasteiger partial charge < -0.3 is 15.4 Å². The molecule has 4 aromatic rings. The number of carbonyl (C=O) groups excluding carboxylic acids is 2. The molecule has 0 aromatic heterocycles. The van der Waals surface area contributed by atoms with Gasteiger partial charge in [-0.1, -0.05) is 84.9 Å². The molecule has 2 N–H and O–H groups in total. The zero-order chi connectivity index (χ0) is 27.6. The topological polar surface area (TPSA) is 111 Å². The van der Waals surface area contributed by atoms with Gasteiger partial charge in [0.05, 0.1) is 18.0 Å². The molecule has 0 aliphatic rings. The smallest absolute Gasteiger partial charge is 0.269 e. The number of non-ortho nitro benzene ring substituents is 1. The number of benzene rings is 4. The summed E-state index contributed by atoms with van der Waals surface area (Å²) in [7, 11) is 1.58. The first-order chi connectivity index (χ1) is 18.9. The average molecular weight is 524 g/mol. The first-order valence-electron chi connectivity index (χ1n) is 12.5. The number of carbonyl (C=O) groups is 2. The highest BCUT2D eigenvalue weighted by atomic mass is 16.6. The van der Waals surface area contributed by atoms with Crippen LogP contribution in [-0.2, 0) is 22.6 Å². The van der Waals surface area contributed by atoms with Crippen molar-refractivity contribution in [2.24, 2.45) is 0 Å². The molecule has 198 valence electrons. The molecule has 0 saturated heterocycles. The molecule has 0 saturated carbocycles. The van der Waals surface area contributed by atoms with Gasteiger partial charge in [0.1, 0.15) is 11.8 Å². The SMILES string of the molecule is COc1ccc(CNC(=O)C(Cc2ccc([N+](=O)[O-])cc2)NC(=O)C(c2ccccc2)c2ccccc2)cc1. The minimum atomic E-state index is -0.910. The second-order valence-corrected chi connectivity index (χ2v) is 9.01. The minimum absolute atomic E-state index is 0.0449.